The summed E-state index contributed by atoms with van der Waals surface area (Å²) in [6, 6.07) is 17.8. The fraction of sp³-hybridized carbons (Fsp3) is 0.167. The third-order valence-corrected chi connectivity index (χ3v) is 4.87. The Hall–Kier alpha value is -3.11. The molecule has 3 rings (SSSR count). The van der Waals surface area contributed by atoms with Crippen molar-refractivity contribution in [3.63, 3.8) is 0 Å². The van der Waals surface area contributed by atoms with Crippen LogP contribution in [0.4, 0.5) is 0 Å². The minimum atomic E-state index is -0.0547. The summed E-state index contributed by atoms with van der Waals surface area (Å²) < 4.78 is 1.88. The van der Waals surface area contributed by atoms with Gasteiger partial charge < -0.3 is 4.90 Å². The molecule has 148 valence electrons. The minimum Gasteiger partial charge on any atom is -0.338 e. The van der Waals surface area contributed by atoms with Gasteiger partial charge in [0.25, 0.3) is 0 Å². The van der Waals surface area contributed by atoms with E-state index in [4.69, 9.17) is 16.7 Å². The van der Waals surface area contributed by atoms with Gasteiger partial charge in [-0.25, -0.2) is 0 Å². The number of halogens is 1. The molecule has 2 aromatic carbocycles. The van der Waals surface area contributed by atoms with Gasteiger partial charge in [-0.1, -0.05) is 78.4 Å². The van der Waals surface area contributed by atoms with Crippen molar-refractivity contribution in [1.82, 2.24) is 14.7 Å². The largest absolute Gasteiger partial charge is 0.338 e. The maximum Gasteiger partial charge on any atom is 0.246 e. The Labute approximate surface area is 176 Å². The van der Waals surface area contributed by atoms with Gasteiger partial charge in [0.2, 0.25) is 5.91 Å². The van der Waals surface area contributed by atoms with Crippen LogP contribution in [0.15, 0.2) is 85.1 Å². The minimum absolute atomic E-state index is 0.0547. The van der Waals surface area contributed by atoms with Crippen LogP contribution in [0.2, 0.25) is 5.02 Å². The SMILES string of the molecule is CC=CC=CC(=O)N(C)Cc1cn(Cc2ccccc2Cl)nc1-c1ccccc1. The number of hydrogen-bond donors (Lipinski definition) is 0. The van der Waals surface area contributed by atoms with Crippen LogP contribution in [0.5, 0.6) is 0 Å². The van der Waals surface area contributed by atoms with Crippen molar-refractivity contribution in [3.8, 4) is 11.3 Å². The molecular weight excluding hydrogens is 382 g/mol. The second-order valence-electron chi connectivity index (χ2n) is 6.74. The van der Waals surface area contributed by atoms with Crippen molar-refractivity contribution in [2.24, 2.45) is 0 Å². The van der Waals surface area contributed by atoms with Crippen LogP contribution in [0.1, 0.15) is 18.1 Å². The predicted octanol–water partition coefficient (Wildman–Crippen LogP) is 5.34. The number of allylic oxidation sites excluding steroid dienone is 3. The van der Waals surface area contributed by atoms with Gasteiger partial charge in [-0.2, -0.15) is 5.10 Å². The Kier molecular flexibility index (Phi) is 7.04. The average molecular weight is 406 g/mol. The monoisotopic (exact) mass is 405 g/mol. The molecule has 1 heterocycles. The van der Waals surface area contributed by atoms with Crippen molar-refractivity contribution in [3.05, 3.63) is 101 Å². The molecular formula is C24H24ClN3O. The summed E-state index contributed by atoms with van der Waals surface area (Å²) in [5.41, 5.74) is 3.88. The van der Waals surface area contributed by atoms with Gasteiger partial charge in [-0.3, -0.25) is 9.48 Å². The van der Waals surface area contributed by atoms with Gasteiger partial charge in [0.05, 0.1) is 12.2 Å². The van der Waals surface area contributed by atoms with Gasteiger partial charge in [-0.05, 0) is 18.6 Å². The lowest BCUT2D eigenvalue weighted by Gasteiger charge is -2.15. The van der Waals surface area contributed by atoms with E-state index in [0.29, 0.717) is 18.1 Å². The van der Waals surface area contributed by atoms with E-state index in [9.17, 15) is 4.79 Å². The van der Waals surface area contributed by atoms with Crippen LogP contribution in [0, 0.1) is 0 Å². The van der Waals surface area contributed by atoms with E-state index in [-0.39, 0.29) is 5.91 Å². The molecule has 1 amide bonds. The zero-order chi connectivity index (χ0) is 20.6. The van der Waals surface area contributed by atoms with E-state index in [0.717, 1.165) is 22.4 Å². The number of amides is 1. The van der Waals surface area contributed by atoms with Crippen molar-refractivity contribution >= 4 is 17.5 Å². The Morgan fingerprint density at radius 2 is 1.79 bits per heavy atom. The van der Waals surface area contributed by atoms with Crippen molar-refractivity contribution < 1.29 is 4.79 Å². The Balaban J connectivity index is 1.89. The quantitative estimate of drug-likeness (QED) is 0.393. The normalized spacial score (nSPS) is 11.4. The number of nitrogens with zero attached hydrogens (tertiary/aromatic N) is 3. The van der Waals surface area contributed by atoms with E-state index in [1.165, 1.54) is 0 Å². The van der Waals surface area contributed by atoms with Crippen LogP contribution >= 0.6 is 11.6 Å². The summed E-state index contributed by atoms with van der Waals surface area (Å²) in [5, 5.41) is 5.51. The average Bonchev–Trinajstić information content (AvgIpc) is 3.12. The zero-order valence-electron chi connectivity index (χ0n) is 16.6. The number of aromatic nitrogens is 2. The highest BCUT2D eigenvalue weighted by Crippen LogP contribution is 2.24. The third-order valence-electron chi connectivity index (χ3n) is 4.50. The molecule has 0 N–H and O–H groups in total. The first-order chi connectivity index (χ1) is 14.1. The second kappa shape index (κ2) is 9.89. The van der Waals surface area contributed by atoms with Gasteiger partial charge >= 0.3 is 0 Å². The molecule has 0 atom stereocenters. The molecule has 5 heteroatoms. The highest BCUT2D eigenvalue weighted by atomic mass is 35.5. The van der Waals surface area contributed by atoms with E-state index >= 15 is 0 Å². The van der Waals surface area contributed by atoms with Crippen molar-refractivity contribution in [2.75, 3.05) is 7.05 Å². The first-order valence-electron chi connectivity index (χ1n) is 9.48. The Bertz CT molecular complexity index is 1020. The highest BCUT2D eigenvalue weighted by Gasteiger charge is 2.15. The molecule has 0 aliphatic rings. The smallest absolute Gasteiger partial charge is 0.246 e. The summed E-state index contributed by atoms with van der Waals surface area (Å²) in [7, 11) is 1.79. The molecule has 0 aliphatic heterocycles. The Morgan fingerprint density at radius 1 is 1.07 bits per heavy atom. The van der Waals surface area contributed by atoms with Gasteiger partial charge in [0.1, 0.15) is 0 Å². The lowest BCUT2D eigenvalue weighted by molar-refractivity contribution is -0.125. The molecule has 0 spiro atoms. The summed E-state index contributed by atoms with van der Waals surface area (Å²) in [6.07, 6.45) is 9.03. The summed E-state index contributed by atoms with van der Waals surface area (Å²) in [5.74, 6) is -0.0547. The number of carbonyl (C=O) groups excluding carboxylic acids is 1. The van der Waals surface area contributed by atoms with Gasteiger partial charge in [-0.15, -0.1) is 0 Å². The van der Waals surface area contributed by atoms with E-state index in [1.807, 2.05) is 84.6 Å². The molecule has 0 aliphatic carbocycles. The maximum absolute atomic E-state index is 12.4. The van der Waals surface area contributed by atoms with E-state index in [2.05, 4.69) is 0 Å². The van der Waals surface area contributed by atoms with Crippen molar-refractivity contribution in [1.29, 1.82) is 0 Å². The first-order valence-corrected chi connectivity index (χ1v) is 9.86. The molecule has 0 saturated carbocycles. The molecule has 0 bridgehead atoms. The molecule has 0 fully saturated rings. The number of benzene rings is 2. The fourth-order valence-electron chi connectivity index (χ4n) is 3.01. The molecule has 0 saturated heterocycles. The molecule has 0 unspecified atom stereocenters. The number of rotatable bonds is 7. The summed E-state index contributed by atoms with van der Waals surface area (Å²) in [6.45, 7) is 2.95. The topological polar surface area (TPSA) is 38.1 Å². The third kappa shape index (κ3) is 5.46. The number of carbonyl (C=O) groups is 1. The zero-order valence-corrected chi connectivity index (χ0v) is 17.4. The Morgan fingerprint density at radius 3 is 2.52 bits per heavy atom. The first kappa shape index (κ1) is 20.6. The molecule has 29 heavy (non-hydrogen) atoms. The lowest BCUT2D eigenvalue weighted by Crippen LogP contribution is -2.24. The van der Waals surface area contributed by atoms with Crippen LogP contribution in [-0.2, 0) is 17.9 Å². The highest BCUT2D eigenvalue weighted by molar-refractivity contribution is 6.31. The van der Waals surface area contributed by atoms with Crippen LogP contribution in [-0.4, -0.2) is 27.6 Å². The van der Waals surface area contributed by atoms with E-state index < -0.39 is 0 Å². The molecule has 3 aromatic rings. The molecule has 4 nitrogen and oxygen atoms in total. The molecule has 0 radical (unpaired) electrons. The van der Waals surface area contributed by atoms with Crippen LogP contribution in [0.3, 0.4) is 0 Å². The number of hydrogen-bond acceptors (Lipinski definition) is 2. The van der Waals surface area contributed by atoms with Crippen molar-refractivity contribution in [2.45, 2.75) is 20.0 Å². The number of likely N-dealkylation sites (N-methyl/N-ethyl adjacent to an activating group) is 1. The van der Waals surface area contributed by atoms with E-state index in [1.54, 1.807) is 24.1 Å². The predicted molar refractivity (Wildman–Crippen MR) is 119 cm³/mol. The molecule has 1 aromatic heterocycles. The van der Waals surface area contributed by atoms with Crippen LogP contribution < -0.4 is 0 Å². The fourth-order valence-corrected chi connectivity index (χ4v) is 3.20. The summed E-state index contributed by atoms with van der Waals surface area (Å²) >= 11 is 6.32. The van der Waals surface area contributed by atoms with Gasteiger partial charge in [0.15, 0.2) is 0 Å². The van der Waals surface area contributed by atoms with Gasteiger partial charge in [0, 0.05) is 42.0 Å². The second-order valence-corrected chi connectivity index (χ2v) is 7.14. The summed E-state index contributed by atoms with van der Waals surface area (Å²) in [4.78, 5) is 14.1. The standard InChI is InChI=1S/C24H24ClN3O/c1-3-4-6-15-23(29)27(2)16-21-18-28(17-20-13-9-10-14-22(20)25)26-24(21)19-11-7-5-8-12-19/h3-15,18H,16-17H2,1-2H3. The van der Waals surface area contributed by atoms with Crippen LogP contribution in [0.25, 0.3) is 11.3 Å². The lowest BCUT2D eigenvalue weighted by atomic mass is 10.1. The maximum atomic E-state index is 12.4.